The van der Waals surface area contributed by atoms with Gasteiger partial charge in [-0.2, -0.15) is 13.8 Å². The third kappa shape index (κ3) is 4.83. The van der Waals surface area contributed by atoms with Gasteiger partial charge in [-0.3, -0.25) is 4.79 Å². The first-order chi connectivity index (χ1) is 10.0. The molecular weight excluding hydrogens is 284 g/mol. The number of carbonyl (C=O) groups is 1. The standard InChI is InChI=1S/C13H13F2N3O3/c1-8-16-12(21-18-8)7-6-11(19)17-9-2-4-10(5-3-9)20-13(14)15/h2-5,13H,6-7H2,1H3,(H,17,19). The quantitative estimate of drug-likeness (QED) is 0.886. The van der Waals surface area contributed by atoms with E-state index in [-0.39, 0.29) is 18.1 Å². The van der Waals surface area contributed by atoms with Crippen LogP contribution in [0.1, 0.15) is 18.1 Å². The smallest absolute Gasteiger partial charge is 0.387 e. The summed E-state index contributed by atoms with van der Waals surface area (Å²) in [6.07, 6.45) is 0.510. The lowest BCUT2D eigenvalue weighted by molar-refractivity contribution is -0.116. The Hall–Kier alpha value is -2.51. The predicted octanol–water partition coefficient (Wildman–Crippen LogP) is 2.55. The molecule has 1 amide bonds. The Balaban J connectivity index is 1.82. The van der Waals surface area contributed by atoms with Gasteiger partial charge < -0.3 is 14.6 Å². The second-order valence-corrected chi connectivity index (χ2v) is 4.19. The molecule has 2 rings (SSSR count). The van der Waals surface area contributed by atoms with Crippen molar-refractivity contribution >= 4 is 11.6 Å². The van der Waals surface area contributed by atoms with Gasteiger partial charge in [0.15, 0.2) is 5.82 Å². The molecule has 0 aliphatic rings. The summed E-state index contributed by atoms with van der Waals surface area (Å²) < 4.78 is 33.1. The molecule has 0 saturated carbocycles. The molecule has 1 aromatic carbocycles. The average molecular weight is 297 g/mol. The second-order valence-electron chi connectivity index (χ2n) is 4.19. The first-order valence-electron chi connectivity index (χ1n) is 6.17. The van der Waals surface area contributed by atoms with Crippen LogP contribution in [0, 0.1) is 6.92 Å². The maximum absolute atomic E-state index is 12.0. The molecule has 0 bridgehead atoms. The molecular formula is C13H13F2N3O3. The minimum atomic E-state index is -2.87. The number of rotatable bonds is 6. The summed E-state index contributed by atoms with van der Waals surface area (Å²) in [4.78, 5) is 15.7. The average Bonchev–Trinajstić information content (AvgIpc) is 2.84. The Labute approximate surface area is 119 Å². The van der Waals surface area contributed by atoms with Crippen LogP contribution < -0.4 is 10.1 Å². The van der Waals surface area contributed by atoms with Crippen molar-refractivity contribution in [1.82, 2.24) is 10.1 Å². The largest absolute Gasteiger partial charge is 0.435 e. The van der Waals surface area contributed by atoms with Crippen molar-refractivity contribution in [2.75, 3.05) is 5.32 Å². The molecule has 21 heavy (non-hydrogen) atoms. The number of alkyl halides is 2. The summed E-state index contributed by atoms with van der Waals surface area (Å²) >= 11 is 0. The van der Waals surface area contributed by atoms with Gasteiger partial charge >= 0.3 is 6.61 Å². The van der Waals surface area contributed by atoms with Crippen LogP contribution >= 0.6 is 0 Å². The van der Waals surface area contributed by atoms with Crippen molar-refractivity contribution in [3.05, 3.63) is 36.0 Å². The molecule has 2 aromatic rings. The van der Waals surface area contributed by atoms with Crippen LogP contribution in [0.15, 0.2) is 28.8 Å². The van der Waals surface area contributed by atoms with Gasteiger partial charge in [-0.1, -0.05) is 5.16 Å². The topological polar surface area (TPSA) is 77.2 Å². The van der Waals surface area contributed by atoms with Gasteiger partial charge in [0.2, 0.25) is 11.8 Å². The highest BCUT2D eigenvalue weighted by molar-refractivity contribution is 5.90. The van der Waals surface area contributed by atoms with Gasteiger partial charge in [-0.15, -0.1) is 0 Å². The first-order valence-corrected chi connectivity index (χ1v) is 6.17. The van der Waals surface area contributed by atoms with Crippen molar-refractivity contribution in [2.24, 2.45) is 0 Å². The number of hydrogen-bond acceptors (Lipinski definition) is 5. The number of amides is 1. The fraction of sp³-hybridized carbons (Fsp3) is 0.308. The molecule has 112 valence electrons. The lowest BCUT2D eigenvalue weighted by atomic mass is 10.2. The van der Waals surface area contributed by atoms with Gasteiger partial charge in [0.1, 0.15) is 5.75 Å². The van der Waals surface area contributed by atoms with E-state index < -0.39 is 6.61 Å². The highest BCUT2D eigenvalue weighted by Crippen LogP contribution is 2.17. The molecule has 0 aliphatic carbocycles. The highest BCUT2D eigenvalue weighted by Gasteiger charge is 2.08. The number of aryl methyl sites for hydroxylation is 2. The van der Waals surface area contributed by atoms with Crippen LogP contribution in [0.4, 0.5) is 14.5 Å². The zero-order chi connectivity index (χ0) is 15.2. The van der Waals surface area contributed by atoms with Crippen LogP contribution in [0.3, 0.4) is 0 Å². The minimum Gasteiger partial charge on any atom is -0.435 e. The van der Waals surface area contributed by atoms with Crippen LogP contribution in [-0.2, 0) is 11.2 Å². The third-order valence-corrected chi connectivity index (χ3v) is 2.50. The normalized spacial score (nSPS) is 10.7. The van der Waals surface area contributed by atoms with Crippen molar-refractivity contribution < 1.29 is 22.8 Å². The van der Waals surface area contributed by atoms with Gasteiger partial charge in [0, 0.05) is 18.5 Å². The zero-order valence-corrected chi connectivity index (χ0v) is 11.2. The molecule has 6 nitrogen and oxygen atoms in total. The summed E-state index contributed by atoms with van der Waals surface area (Å²) in [5.74, 6) is 0.695. The highest BCUT2D eigenvalue weighted by atomic mass is 19.3. The van der Waals surface area contributed by atoms with Gasteiger partial charge in [-0.25, -0.2) is 0 Å². The maximum Gasteiger partial charge on any atom is 0.387 e. The first kappa shape index (κ1) is 14.9. The molecule has 0 unspecified atom stereocenters. The van der Waals surface area contributed by atoms with Crippen LogP contribution in [-0.4, -0.2) is 22.7 Å². The predicted molar refractivity (Wildman–Crippen MR) is 69.1 cm³/mol. The summed E-state index contributed by atoms with van der Waals surface area (Å²) in [7, 11) is 0. The number of benzene rings is 1. The van der Waals surface area contributed by atoms with Crippen LogP contribution in [0.2, 0.25) is 0 Å². The molecule has 0 aliphatic heterocycles. The van der Waals surface area contributed by atoms with Crippen LogP contribution in [0.5, 0.6) is 5.75 Å². The molecule has 0 atom stereocenters. The maximum atomic E-state index is 12.0. The number of aromatic nitrogens is 2. The zero-order valence-electron chi connectivity index (χ0n) is 11.2. The molecule has 0 fully saturated rings. The molecule has 1 N–H and O–H groups in total. The molecule has 0 spiro atoms. The number of carbonyl (C=O) groups excluding carboxylic acids is 1. The molecule has 0 radical (unpaired) electrons. The van der Waals surface area contributed by atoms with Crippen molar-refractivity contribution in [2.45, 2.75) is 26.4 Å². The number of halogens is 2. The van der Waals surface area contributed by atoms with E-state index >= 15 is 0 Å². The SMILES string of the molecule is Cc1noc(CCC(=O)Nc2ccc(OC(F)F)cc2)n1. The Kier molecular flexibility index (Phi) is 4.81. The number of hydrogen-bond donors (Lipinski definition) is 1. The van der Waals surface area contributed by atoms with Crippen LogP contribution in [0.25, 0.3) is 0 Å². The van der Waals surface area contributed by atoms with Gasteiger partial charge in [0.25, 0.3) is 0 Å². The molecule has 1 heterocycles. The van der Waals surface area contributed by atoms with E-state index in [0.717, 1.165) is 0 Å². The van der Waals surface area contributed by atoms with Gasteiger partial charge in [-0.05, 0) is 31.2 Å². The van der Waals surface area contributed by atoms with E-state index in [1.165, 1.54) is 24.3 Å². The number of nitrogens with zero attached hydrogens (tertiary/aromatic N) is 2. The minimum absolute atomic E-state index is 0.0318. The van der Waals surface area contributed by atoms with E-state index in [2.05, 4.69) is 20.2 Å². The summed E-state index contributed by atoms with van der Waals surface area (Å²) in [6.45, 7) is -1.18. The van der Waals surface area contributed by atoms with Crippen molar-refractivity contribution in [1.29, 1.82) is 0 Å². The fourth-order valence-corrected chi connectivity index (χ4v) is 1.61. The summed E-state index contributed by atoms with van der Waals surface area (Å²) in [5.41, 5.74) is 0.489. The second kappa shape index (κ2) is 6.78. The summed E-state index contributed by atoms with van der Waals surface area (Å²) in [6, 6.07) is 5.66. The monoisotopic (exact) mass is 297 g/mol. The van der Waals surface area contributed by atoms with E-state index in [9.17, 15) is 13.6 Å². The van der Waals surface area contributed by atoms with E-state index in [1.807, 2.05) is 0 Å². The Morgan fingerprint density at radius 3 is 2.67 bits per heavy atom. The lowest BCUT2D eigenvalue weighted by Crippen LogP contribution is -2.12. The lowest BCUT2D eigenvalue weighted by Gasteiger charge is -2.07. The van der Waals surface area contributed by atoms with E-state index in [4.69, 9.17) is 4.52 Å². The Morgan fingerprint density at radius 2 is 2.10 bits per heavy atom. The van der Waals surface area contributed by atoms with E-state index in [1.54, 1.807) is 6.92 Å². The number of anilines is 1. The number of ether oxygens (including phenoxy) is 1. The summed E-state index contributed by atoms with van der Waals surface area (Å²) in [5, 5.41) is 6.25. The van der Waals surface area contributed by atoms with Crippen molar-refractivity contribution in [3.63, 3.8) is 0 Å². The Bertz CT molecular complexity index is 599. The molecule has 8 heteroatoms. The van der Waals surface area contributed by atoms with Gasteiger partial charge in [0.05, 0.1) is 0 Å². The fourth-order valence-electron chi connectivity index (χ4n) is 1.61. The third-order valence-electron chi connectivity index (χ3n) is 2.50. The number of nitrogens with one attached hydrogen (secondary N) is 1. The molecule has 0 saturated heterocycles. The van der Waals surface area contributed by atoms with E-state index in [0.29, 0.717) is 23.8 Å². The molecule has 1 aromatic heterocycles. The van der Waals surface area contributed by atoms with Crippen molar-refractivity contribution in [3.8, 4) is 5.75 Å². The Morgan fingerprint density at radius 1 is 1.38 bits per heavy atom.